The van der Waals surface area contributed by atoms with E-state index in [1.54, 1.807) is 11.0 Å². The highest BCUT2D eigenvalue weighted by Gasteiger charge is 2.16. The Balaban J connectivity index is 2.93. The highest BCUT2D eigenvalue weighted by atomic mass is 16.2. The number of nitrogen functional groups attached to an aromatic ring is 1. The van der Waals surface area contributed by atoms with Crippen molar-refractivity contribution in [1.29, 1.82) is 0 Å². The molecule has 1 amide bonds. The van der Waals surface area contributed by atoms with Gasteiger partial charge in [-0.3, -0.25) is 4.79 Å². The number of carbonyl (C=O) groups excluding carboxylic acids is 1. The van der Waals surface area contributed by atoms with Crippen LogP contribution in [-0.4, -0.2) is 29.4 Å². The molecule has 0 saturated carbocycles. The van der Waals surface area contributed by atoms with Crippen LogP contribution in [0.4, 0.5) is 5.82 Å². The van der Waals surface area contributed by atoms with Crippen LogP contribution in [0.25, 0.3) is 0 Å². The molecule has 0 aliphatic rings. The monoisotopic (exact) mass is 263 g/mol. The highest BCUT2D eigenvalue weighted by Crippen LogP contribution is 2.17. The lowest BCUT2D eigenvalue weighted by molar-refractivity contribution is 0.0774. The van der Waals surface area contributed by atoms with E-state index in [2.05, 4.69) is 18.8 Å². The van der Waals surface area contributed by atoms with E-state index in [-0.39, 0.29) is 11.8 Å². The fourth-order valence-electron chi connectivity index (χ4n) is 1.89. The summed E-state index contributed by atoms with van der Waals surface area (Å²) in [6.45, 7) is 9.11. The van der Waals surface area contributed by atoms with E-state index in [9.17, 15) is 4.79 Å². The minimum Gasteiger partial charge on any atom is -0.384 e. The van der Waals surface area contributed by atoms with Crippen LogP contribution >= 0.6 is 0 Å². The van der Waals surface area contributed by atoms with Gasteiger partial charge in [-0.2, -0.15) is 0 Å². The molecule has 0 spiro atoms. The summed E-state index contributed by atoms with van der Waals surface area (Å²) in [5.74, 6) is 1.18. The molecule has 0 aliphatic heterocycles. The van der Waals surface area contributed by atoms with Gasteiger partial charge in [0.15, 0.2) is 0 Å². The van der Waals surface area contributed by atoms with Gasteiger partial charge in [-0.15, -0.1) is 0 Å². The van der Waals surface area contributed by atoms with Crippen molar-refractivity contribution in [3.8, 4) is 0 Å². The number of amides is 1. The van der Waals surface area contributed by atoms with Crippen molar-refractivity contribution in [3.63, 3.8) is 0 Å². The van der Waals surface area contributed by atoms with Gasteiger partial charge in [-0.25, -0.2) is 4.98 Å². The molecule has 0 radical (unpaired) electrons. The Labute approximate surface area is 116 Å². The number of rotatable bonds is 5. The van der Waals surface area contributed by atoms with Crippen molar-refractivity contribution in [2.24, 2.45) is 5.92 Å². The van der Waals surface area contributed by atoms with E-state index in [1.807, 2.05) is 27.0 Å². The molecule has 1 rings (SSSR count). The molecule has 1 unspecified atom stereocenters. The van der Waals surface area contributed by atoms with E-state index in [4.69, 9.17) is 5.73 Å². The van der Waals surface area contributed by atoms with E-state index < -0.39 is 0 Å². The molecule has 1 aromatic rings. The molecule has 0 aromatic carbocycles. The lowest BCUT2D eigenvalue weighted by Crippen LogP contribution is -2.31. The standard InChI is InChI=1S/C15H25N3O/c1-6-11(4)9-18(5)15(19)12-7-13(10(2)3)17-14(16)8-12/h7-8,10-11H,6,9H2,1-5H3,(H2,16,17). The fraction of sp³-hybridized carbons (Fsp3) is 0.600. The van der Waals surface area contributed by atoms with E-state index in [0.29, 0.717) is 17.3 Å². The molecule has 1 atom stereocenters. The SMILES string of the molecule is CCC(C)CN(C)C(=O)c1cc(N)nc(C(C)C)c1. The first-order valence-corrected chi connectivity index (χ1v) is 6.88. The van der Waals surface area contributed by atoms with Gasteiger partial charge in [0, 0.05) is 24.8 Å². The maximum Gasteiger partial charge on any atom is 0.253 e. The van der Waals surface area contributed by atoms with Crippen molar-refractivity contribution < 1.29 is 4.79 Å². The van der Waals surface area contributed by atoms with Crippen LogP contribution in [-0.2, 0) is 0 Å². The molecule has 2 N–H and O–H groups in total. The third kappa shape index (κ3) is 4.23. The smallest absolute Gasteiger partial charge is 0.253 e. The number of hydrogen-bond acceptors (Lipinski definition) is 3. The summed E-state index contributed by atoms with van der Waals surface area (Å²) in [6, 6.07) is 3.50. The van der Waals surface area contributed by atoms with Crippen LogP contribution < -0.4 is 5.73 Å². The van der Waals surface area contributed by atoms with Gasteiger partial charge in [0.2, 0.25) is 0 Å². The summed E-state index contributed by atoms with van der Waals surface area (Å²) in [5, 5.41) is 0. The van der Waals surface area contributed by atoms with Crippen LogP contribution in [0.5, 0.6) is 0 Å². The molecule has 0 bridgehead atoms. The lowest BCUT2D eigenvalue weighted by atomic mass is 10.1. The third-order valence-electron chi connectivity index (χ3n) is 3.33. The zero-order chi connectivity index (χ0) is 14.6. The Morgan fingerprint density at radius 1 is 1.37 bits per heavy atom. The van der Waals surface area contributed by atoms with Crippen molar-refractivity contribution in [2.75, 3.05) is 19.3 Å². The summed E-state index contributed by atoms with van der Waals surface area (Å²) in [4.78, 5) is 18.4. The number of aromatic nitrogens is 1. The number of hydrogen-bond donors (Lipinski definition) is 1. The van der Waals surface area contributed by atoms with Gasteiger partial charge in [0.25, 0.3) is 5.91 Å². The zero-order valence-corrected chi connectivity index (χ0v) is 12.6. The van der Waals surface area contributed by atoms with Gasteiger partial charge in [0.05, 0.1) is 0 Å². The molecule has 0 fully saturated rings. The maximum atomic E-state index is 12.4. The Hall–Kier alpha value is -1.58. The summed E-state index contributed by atoms with van der Waals surface area (Å²) in [7, 11) is 1.83. The maximum absolute atomic E-state index is 12.4. The molecule has 19 heavy (non-hydrogen) atoms. The number of nitrogens with zero attached hydrogens (tertiary/aromatic N) is 2. The van der Waals surface area contributed by atoms with Crippen LogP contribution in [0, 0.1) is 5.92 Å². The number of nitrogens with two attached hydrogens (primary N) is 1. The molecule has 1 heterocycles. The van der Waals surface area contributed by atoms with Gasteiger partial charge in [-0.1, -0.05) is 34.1 Å². The molecule has 1 aromatic heterocycles. The topological polar surface area (TPSA) is 59.2 Å². The normalized spacial score (nSPS) is 12.5. The molecule has 0 saturated heterocycles. The fourth-order valence-corrected chi connectivity index (χ4v) is 1.89. The zero-order valence-electron chi connectivity index (χ0n) is 12.6. The number of carbonyl (C=O) groups is 1. The van der Waals surface area contributed by atoms with E-state index in [1.165, 1.54) is 0 Å². The first-order chi connectivity index (χ1) is 8.85. The summed E-state index contributed by atoms with van der Waals surface area (Å²) in [6.07, 6.45) is 1.06. The van der Waals surface area contributed by atoms with E-state index >= 15 is 0 Å². The molecule has 106 valence electrons. The van der Waals surface area contributed by atoms with Gasteiger partial charge >= 0.3 is 0 Å². The second kappa shape index (κ2) is 6.55. The predicted molar refractivity (Wildman–Crippen MR) is 79.2 cm³/mol. The average molecular weight is 263 g/mol. The third-order valence-corrected chi connectivity index (χ3v) is 3.33. The number of pyridine rings is 1. The van der Waals surface area contributed by atoms with Crippen LogP contribution in [0.15, 0.2) is 12.1 Å². The minimum atomic E-state index is 0.0105. The van der Waals surface area contributed by atoms with Crippen molar-refractivity contribution >= 4 is 11.7 Å². The summed E-state index contributed by atoms with van der Waals surface area (Å²) >= 11 is 0. The Bertz CT molecular complexity index is 443. The first kappa shape index (κ1) is 15.5. The van der Waals surface area contributed by atoms with Gasteiger partial charge < -0.3 is 10.6 Å². The van der Waals surface area contributed by atoms with E-state index in [0.717, 1.165) is 18.7 Å². The quantitative estimate of drug-likeness (QED) is 0.888. The Morgan fingerprint density at radius 3 is 2.53 bits per heavy atom. The van der Waals surface area contributed by atoms with Gasteiger partial charge in [0.1, 0.15) is 5.82 Å². The second-order valence-electron chi connectivity index (χ2n) is 5.56. The van der Waals surface area contributed by atoms with Crippen molar-refractivity contribution in [3.05, 3.63) is 23.4 Å². The van der Waals surface area contributed by atoms with Crippen molar-refractivity contribution in [2.45, 2.75) is 40.0 Å². The molecule has 4 heteroatoms. The Morgan fingerprint density at radius 2 is 2.00 bits per heavy atom. The molecule has 0 aliphatic carbocycles. The molecular weight excluding hydrogens is 238 g/mol. The molecular formula is C15H25N3O. The number of anilines is 1. The second-order valence-corrected chi connectivity index (χ2v) is 5.56. The van der Waals surface area contributed by atoms with Crippen LogP contribution in [0.1, 0.15) is 56.1 Å². The van der Waals surface area contributed by atoms with Crippen LogP contribution in [0.2, 0.25) is 0 Å². The predicted octanol–water partition coefficient (Wildman–Crippen LogP) is 2.91. The molecule has 4 nitrogen and oxygen atoms in total. The van der Waals surface area contributed by atoms with Crippen LogP contribution in [0.3, 0.4) is 0 Å². The summed E-state index contributed by atoms with van der Waals surface area (Å²) < 4.78 is 0. The minimum absolute atomic E-state index is 0.0105. The lowest BCUT2D eigenvalue weighted by Gasteiger charge is -2.21. The first-order valence-electron chi connectivity index (χ1n) is 6.88. The average Bonchev–Trinajstić information content (AvgIpc) is 2.36. The van der Waals surface area contributed by atoms with Crippen molar-refractivity contribution in [1.82, 2.24) is 9.88 Å². The van der Waals surface area contributed by atoms with Gasteiger partial charge in [-0.05, 0) is 24.0 Å². The summed E-state index contributed by atoms with van der Waals surface area (Å²) in [5.41, 5.74) is 7.27. The largest absolute Gasteiger partial charge is 0.384 e. The Kier molecular flexibility index (Phi) is 5.33. The highest BCUT2D eigenvalue weighted by molar-refractivity contribution is 5.94.